The molecule has 29 heavy (non-hydrogen) atoms. The molecule has 1 atom stereocenters. The minimum absolute atomic E-state index is 0.0896. The van der Waals surface area contributed by atoms with Gasteiger partial charge in [0, 0.05) is 36.1 Å². The summed E-state index contributed by atoms with van der Waals surface area (Å²) in [5.41, 5.74) is 1.23. The van der Waals surface area contributed by atoms with Gasteiger partial charge in [0.1, 0.15) is 5.76 Å². The van der Waals surface area contributed by atoms with Crippen LogP contribution in [-0.2, 0) is 9.59 Å². The third-order valence-corrected chi connectivity index (χ3v) is 5.77. The van der Waals surface area contributed by atoms with E-state index in [1.165, 1.54) is 0 Å². The van der Waals surface area contributed by atoms with Crippen molar-refractivity contribution in [2.45, 2.75) is 18.9 Å². The number of aliphatic hydroxyl groups excluding tert-OH is 1. The van der Waals surface area contributed by atoms with Crippen LogP contribution in [0.4, 0.5) is 0 Å². The van der Waals surface area contributed by atoms with Gasteiger partial charge in [-0.05, 0) is 61.8 Å². The molecule has 7 heteroatoms. The average Bonchev–Trinajstić information content (AvgIpc) is 3.34. The second-order valence-electron chi connectivity index (χ2n) is 7.33. The van der Waals surface area contributed by atoms with Crippen LogP contribution >= 0.6 is 11.6 Å². The number of benzene rings is 1. The van der Waals surface area contributed by atoms with E-state index in [4.69, 9.17) is 11.6 Å². The summed E-state index contributed by atoms with van der Waals surface area (Å²) in [5, 5.41) is 11.5. The maximum absolute atomic E-state index is 12.9. The van der Waals surface area contributed by atoms with Crippen molar-refractivity contribution in [2.24, 2.45) is 0 Å². The van der Waals surface area contributed by atoms with Crippen LogP contribution in [0, 0.1) is 0 Å². The van der Waals surface area contributed by atoms with Gasteiger partial charge in [0.05, 0.1) is 11.6 Å². The van der Waals surface area contributed by atoms with E-state index < -0.39 is 17.7 Å². The minimum Gasteiger partial charge on any atom is -0.507 e. The van der Waals surface area contributed by atoms with Gasteiger partial charge in [-0.15, -0.1) is 0 Å². The number of ketones is 1. The number of pyridine rings is 1. The standard InChI is InChI=1S/C22H22ClN3O3/c23-17-7-5-15(6-8-17)20(27)18-19(16-4-3-9-24-14-16)26(22(29)21(18)28)13-12-25-10-1-2-11-25/h3-9,14,19,27H,1-2,10-13H2/b20-18+. The van der Waals surface area contributed by atoms with Crippen molar-refractivity contribution in [2.75, 3.05) is 26.2 Å². The molecule has 0 spiro atoms. The maximum Gasteiger partial charge on any atom is 0.295 e. The van der Waals surface area contributed by atoms with Crippen LogP contribution in [0.1, 0.15) is 30.0 Å². The van der Waals surface area contributed by atoms with E-state index in [9.17, 15) is 14.7 Å². The zero-order valence-electron chi connectivity index (χ0n) is 15.9. The Labute approximate surface area is 174 Å². The molecule has 1 aromatic carbocycles. The second kappa shape index (κ2) is 8.35. The van der Waals surface area contributed by atoms with Gasteiger partial charge in [-0.1, -0.05) is 17.7 Å². The molecule has 6 nitrogen and oxygen atoms in total. The van der Waals surface area contributed by atoms with Gasteiger partial charge < -0.3 is 14.9 Å². The van der Waals surface area contributed by atoms with Crippen LogP contribution in [0.25, 0.3) is 5.76 Å². The summed E-state index contributed by atoms with van der Waals surface area (Å²) in [5.74, 6) is -1.46. The fourth-order valence-corrected chi connectivity index (χ4v) is 4.14. The average molecular weight is 412 g/mol. The number of hydrogen-bond acceptors (Lipinski definition) is 5. The summed E-state index contributed by atoms with van der Waals surface area (Å²) in [4.78, 5) is 33.8. The highest BCUT2D eigenvalue weighted by Gasteiger charge is 2.46. The van der Waals surface area contributed by atoms with Crippen LogP contribution in [0.15, 0.2) is 54.4 Å². The monoisotopic (exact) mass is 411 g/mol. The number of rotatable bonds is 5. The summed E-state index contributed by atoms with van der Waals surface area (Å²) < 4.78 is 0. The molecule has 4 rings (SSSR count). The van der Waals surface area contributed by atoms with Crippen molar-refractivity contribution in [3.05, 3.63) is 70.5 Å². The summed E-state index contributed by atoms with van der Waals surface area (Å²) >= 11 is 5.94. The highest BCUT2D eigenvalue weighted by atomic mass is 35.5. The Morgan fingerprint density at radius 2 is 1.83 bits per heavy atom. The molecule has 0 aliphatic carbocycles. The van der Waals surface area contributed by atoms with Gasteiger partial charge in [0.15, 0.2) is 0 Å². The predicted molar refractivity (Wildman–Crippen MR) is 110 cm³/mol. The van der Waals surface area contributed by atoms with E-state index in [2.05, 4.69) is 9.88 Å². The van der Waals surface area contributed by atoms with E-state index in [-0.39, 0.29) is 11.3 Å². The molecular weight excluding hydrogens is 390 g/mol. The van der Waals surface area contributed by atoms with Crippen LogP contribution in [-0.4, -0.2) is 57.8 Å². The molecule has 0 radical (unpaired) electrons. The molecule has 0 bridgehead atoms. The lowest BCUT2D eigenvalue weighted by atomic mass is 9.96. The summed E-state index contributed by atoms with van der Waals surface area (Å²) in [6.45, 7) is 3.13. The normalized spacial score (nSPS) is 21.8. The number of carbonyl (C=O) groups is 2. The predicted octanol–water partition coefficient (Wildman–Crippen LogP) is 3.25. The first-order valence-electron chi connectivity index (χ1n) is 9.73. The molecular formula is C22H22ClN3O3. The lowest BCUT2D eigenvalue weighted by molar-refractivity contribution is -0.140. The van der Waals surface area contributed by atoms with Crippen LogP contribution in [0.5, 0.6) is 0 Å². The number of aromatic nitrogens is 1. The maximum atomic E-state index is 12.9. The molecule has 3 heterocycles. The SMILES string of the molecule is O=C1C(=O)N(CCN2CCCC2)C(c2cccnc2)/C1=C(\O)c1ccc(Cl)cc1. The largest absolute Gasteiger partial charge is 0.507 e. The van der Waals surface area contributed by atoms with Gasteiger partial charge in [-0.3, -0.25) is 14.6 Å². The first-order valence-corrected chi connectivity index (χ1v) is 10.1. The number of Topliss-reactive ketones (excluding diaryl/α,β-unsaturated/α-hetero) is 1. The molecule has 2 aliphatic heterocycles. The van der Waals surface area contributed by atoms with Crippen molar-refractivity contribution in [1.29, 1.82) is 0 Å². The molecule has 1 N–H and O–H groups in total. The van der Waals surface area contributed by atoms with Gasteiger partial charge in [-0.2, -0.15) is 0 Å². The summed E-state index contributed by atoms with van der Waals surface area (Å²) in [7, 11) is 0. The fourth-order valence-electron chi connectivity index (χ4n) is 4.01. The van der Waals surface area contributed by atoms with Crippen molar-refractivity contribution in [1.82, 2.24) is 14.8 Å². The number of carbonyl (C=O) groups excluding carboxylic acids is 2. The van der Waals surface area contributed by atoms with Gasteiger partial charge in [-0.25, -0.2) is 0 Å². The summed E-state index contributed by atoms with van der Waals surface area (Å²) in [6, 6.07) is 9.46. The number of hydrogen-bond donors (Lipinski definition) is 1. The second-order valence-corrected chi connectivity index (χ2v) is 7.77. The Balaban J connectivity index is 1.74. The molecule has 0 saturated carbocycles. The van der Waals surface area contributed by atoms with Crippen molar-refractivity contribution >= 4 is 29.1 Å². The number of likely N-dealkylation sites (tertiary alicyclic amines) is 2. The third kappa shape index (κ3) is 3.91. The lowest BCUT2D eigenvalue weighted by Crippen LogP contribution is -2.37. The van der Waals surface area contributed by atoms with Crippen molar-refractivity contribution in [3.63, 3.8) is 0 Å². The molecule has 1 unspecified atom stereocenters. The number of aliphatic hydroxyl groups is 1. The molecule has 2 saturated heterocycles. The highest BCUT2D eigenvalue weighted by molar-refractivity contribution is 6.46. The fraction of sp³-hybridized carbons (Fsp3) is 0.318. The molecule has 2 fully saturated rings. The zero-order valence-corrected chi connectivity index (χ0v) is 16.7. The topological polar surface area (TPSA) is 73.7 Å². The van der Waals surface area contributed by atoms with E-state index in [0.717, 1.165) is 25.9 Å². The zero-order chi connectivity index (χ0) is 20.4. The molecule has 1 aromatic heterocycles. The van der Waals surface area contributed by atoms with Crippen LogP contribution < -0.4 is 0 Å². The van der Waals surface area contributed by atoms with Gasteiger partial charge >= 0.3 is 0 Å². The van der Waals surface area contributed by atoms with Crippen molar-refractivity contribution in [3.8, 4) is 0 Å². The Bertz CT molecular complexity index is 938. The van der Waals surface area contributed by atoms with E-state index in [0.29, 0.717) is 29.2 Å². The molecule has 1 amide bonds. The quantitative estimate of drug-likeness (QED) is 0.464. The number of halogens is 1. The smallest absolute Gasteiger partial charge is 0.295 e. The van der Waals surface area contributed by atoms with Gasteiger partial charge in [0.2, 0.25) is 0 Å². The first kappa shape index (κ1) is 19.6. The van der Waals surface area contributed by atoms with Crippen molar-refractivity contribution < 1.29 is 14.7 Å². The molecule has 2 aromatic rings. The Hall–Kier alpha value is -2.70. The lowest BCUT2D eigenvalue weighted by Gasteiger charge is -2.27. The van der Waals surface area contributed by atoms with E-state index in [1.807, 2.05) is 6.07 Å². The van der Waals surface area contributed by atoms with Crippen LogP contribution in [0.3, 0.4) is 0 Å². The number of amides is 1. The first-order chi connectivity index (χ1) is 14.1. The molecule has 150 valence electrons. The molecule has 2 aliphatic rings. The minimum atomic E-state index is -0.673. The Morgan fingerprint density at radius 3 is 2.48 bits per heavy atom. The van der Waals surface area contributed by atoms with Crippen LogP contribution in [0.2, 0.25) is 5.02 Å². The highest BCUT2D eigenvalue weighted by Crippen LogP contribution is 2.39. The van der Waals surface area contributed by atoms with E-state index >= 15 is 0 Å². The summed E-state index contributed by atoms with van der Waals surface area (Å²) in [6.07, 6.45) is 5.58. The van der Waals surface area contributed by atoms with E-state index in [1.54, 1.807) is 47.6 Å². The van der Waals surface area contributed by atoms with Gasteiger partial charge in [0.25, 0.3) is 11.7 Å². The Morgan fingerprint density at radius 1 is 1.10 bits per heavy atom. The number of nitrogens with zero attached hydrogens (tertiary/aromatic N) is 3. The third-order valence-electron chi connectivity index (χ3n) is 5.51. The Kier molecular flexibility index (Phi) is 5.65.